The lowest BCUT2D eigenvalue weighted by Crippen LogP contribution is -2.48. The van der Waals surface area contributed by atoms with Gasteiger partial charge in [-0.2, -0.15) is 0 Å². The molecule has 0 aliphatic rings. The fraction of sp³-hybridized carbons (Fsp3) is 0.556. The lowest BCUT2D eigenvalue weighted by Gasteiger charge is -2.23. The van der Waals surface area contributed by atoms with Crippen molar-refractivity contribution in [1.82, 2.24) is 10.6 Å². The molecule has 0 fully saturated rings. The van der Waals surface area contributed by atoms with Crippen molar-refractivity contribution in [2.45, 2.75) is 65.1 Å². The number of hydrogen-bond acceptors (Lipinski definition) is 3. The summed E-state index contributed by atoms with van der Waals surface area (Å²) in [5.41, 5.74) is -0.368. The molecule has 0 aromatic heterocycles. The molecule has 0 aliphatic carbocycles. The molecule has 2 amide bonds. The van der Waals surface area contributed by atoms with Gasteiger partial charge in [-0.1, -0.05) is 43.5 Å². The van der Waals surface area contributed by atoms with Gasteiger partial charge in [0, 0.05) is 12.1 Å². The van der Waals surface area contributed by atoms with E-state index in [1.54, 1.807) is 32.9 Å². The van der Waals surface area contributed by atoms with Gasteiger partial charge in [0.05, 0.1) is 5.02 Å². The summed E-state index contributed by atoms with van der Waals surface area (Å²) >= 11 is 5.73. The zero-order chi connectivity index (χ0) is 19.0. The van der Waals surface area contributed by atoms with Crippen molar-refractivity contribution >= 4 is 23.6 Å². The van der Waals surface area contributed by atoms with Crippen LogP contribution >= 0.6 is 11.6 Å². The lowest BCUT2D eigenvalue weighted by molar-refractivity contribution is -0.123. The number of carbonyl (C=O) groups excluding carboxylic acids is 2. The SMILES string of the molecule is CCCCC(NC(=O)OC(C)(C)C)C(=O)NCc1cccc(Cl)c1F. The smallest absolute Gasteiger partial charge is 0.408 e. The number of nitrogens with one attached hydrogen (secondary N) is 2. The first kappa shape index (κ1) is 21.2. The van der Waals surface area contributed by atoms with Crippen LogP contribution in [0.5, 0.6) is 0 Å². The van der Waals surface area contributed by atoms with Crippen LogP contribution in [-0.4, -0.2) is 23.6 Å². The lowest BCUT2D eigenvalue weighted by atomic mass is 10.1. The second-order valence-electron chi connectivity index (χ2n) is 6.77. The molecule has 1 unspecified atom stereocenters. The topological polar surface area (TPSA) is 67.4 Å². The monoisotopic (exact) mass is 372 g/mol. The van der Waals surface area contributed by atoms with E-state index in [9.17, 15) is 14.0 Å². The fourth-order valence-electron chi connectivity index (χ4n) is 2.12. The molecule has 5 nitrogen and oxygen atoms in total. The Labute approximate surface area is 153 Å². The molecule has 2 N–H and O–H groups in total. The largest absolute Gasteiger partial charge is 0.444 e. The van der Waals surface area contributed by atoms with Crippen LogP contribution in [-0.2, 0) is 16.1 Å². The summed E-state index contributed by atoms with van der Waals surface area (Å²) in [4.78, 5) is 24.3. The molecule has 7 heteroatoms. The van der Waals surface area contributed by atoms with Gasteiger partial charge in [-0.25, -0.2) is 9.18 Å². The van der Waals surface area contributed by atoms with E-state index >= 15 is 0 Å². The van der Waals surface area contributed by atoms with Gasteiger partial charge < -0.3 is 15.4 Å². The third-order valence-corrected chi connectivity index (χ3v) is 3.63. The molecule has 25 heavy (non-hydrogen) atoms. The van der Waals surface area contributed by atoms with Crippen molar-refractivity contribution in [2.24, 2.45) is 0 Å². The van der Waals surface area contributed by atoms with Gasteiger partial charge >= 0.3 is 6.09 Å². The van der Waals surface area contributed by atoms with Crippen LogP contribution in [0.3, 0.4) is 0 Å². The predicted molar refractivity (Wildman–Crippen MR) is 95.9 cm³/mol. The minimum atomic E-state index is -0.739. The first-order valence-electron chi connectivity index (χ1n) is 8.34. The quantitative estimate of drug-likeness (QED) is 0.754. The minimum Gasteiger partial charge on any atom is -0.444 e. The maximum Gasteiger partial charge on any atom is 0.408 e. The van der Waals surface area contributed by atoms with Crippen molar-refractivity contribution < 1.29 is 18.7 Å². The zero-order valence-electron chi connectivity index (χ0n) is 15.1. The van der Waals surface area contributed by atoms with Gasteiger partial charge in [0.25, 0.3) is 0 Å². The number of rotatable bonds is 7. The van der Waals surface area contributed by atoms with Crippen molar-refractivity contribution in [3.05, 3.63) is 34.6 Å². The van der Waals surface area contributed by atoms with Gasteiger partial charge in [-0.15, -0.1) is 0 Å². The predicted octanol–water partition coefficient (Wildman–Crippen LogP) is 4.18. The van der Waals surface area contributed by atoms with E-state index in [2.05, 4.69) is 10.6 Å². The minimum absolute atomic E-state index is 0.00108. The van der Waals surface area contributed by atoms with E-state index in [4.69, 9.17) is 16.3 Å². The Bertz CT molecular complexity index is 602. The van der Waals surface area contributed by atoms with E-state index in [0.717, 1.165) is 12.8 Å². The maximum absolute atomic E-state index is 13.9. The Balaban J connectivity index is 2.69. The standard InChI is InChI=1S/C18H26ClFN2O3/c1-5-6-10-14(22-17(24)25-18(2,3)4)16(23)21-11-12-8-7-9-13(19)15(12)20/h7-9,14H,5-6,10-11H2,1-4H3,(H,21,23)(H,22,24). The summed E-state index contributed by atoms with van der Waals surface area (Å²) in [6.07, 6.45) is 1.46. The number of unbranched alkanes of at least 4 members (excludes halogenated alkanes) is 1. The van der Waals surface area contributed by atoms with E-state index in [1.807, 2.05) is 6.92 Å². The summed E-state index contributed by atoms with van der Waals surface area (Å²) < 4.78 is 19.1. The summed E-state index contributed by atoms with van der Waals surface area (Å²) in [6.45, 7) is 7.22. The molecule has 0 saturated heterocycles. The van der Waals surface area contributed by atoms with Crippen molar-refractivity contribution in [3.8, 4) is 0 Å². The molecule has 1 rings (SSSR count). The first-order chi connectivity index (χ1) is 11.6. The molecule has 0 spiro atoms. The molecule has 1 atom stereocenters. The van der Waals surface area contributed by atoms with Crippen molar-refractivity contribution in [3.63, 3.8) is 0 Å². The molecule has 0 bridgehead atoms. The highest BCUT2D eigenvalue weighted by atomic mass is 35.5. The van der Waals surface area contributed by atoms with Gasteiger partial charge in [-0.05, 0) is 33.3 Å². The normalized spacial score (nSPS) is 12.4. The van der Waals surface area contributed by atoms with Crippen molar-refractivity contribution in [2.75, 3.05) is 0 Å². The molecular weight excluding hydrogens is 347 g/mol. The number of carbonyl (C=O) groups is 2. The van der Waals surface area contributed by atoms with Gasteiger partial charge in [-0.3, -0.25) is 4.79 Å². The van der Waals surface area contributed by atoms with Crippen molar-refractivity contribution in [1.29, 1.82) is 0 Å². The van der Waals surface area contributed by atoms with E-state index < -0.39 is 29.5 Å². The molecular formula is C18H26ClFN2O3. The fourth-order valence-corrected chi connectivity index (χ4v) is 2.31. The first-order valence-corrected chi connectivity index (χ1v) is 8.72. The number of hydrogen-bond donors (Lipinski definition) is 2. The number of amides is 2. The molecule has 0 radical (unpaired) electrons. The van der Waals surface area contributed by atoms with E-state index in [-0.39, 0.29) is 17.1 Å². The number of benzene rings is 1. The highest BCUT2D eigenvalue weighted by molar-refractivity contribution is 6.30. The van der Waals surface area contributed by atoms with Crippen LogP contribution < -0.4 is 10.6 Å². The Kier molecular flexibility index (Phi) is 8.16. The molecule has 1 aromatic carbocycles. The molecule has 0 aliphatic heterocycles. The Morgan fingerprint density at radius 3 is 2.60 bits per heavy atom. The number of alkyl carbamates (subject to hydrolysis) is 1. The Morgan fingerprint density at radius 1 is 1.32 bits per heavy atom. The van der Waals surface area contributed by atoms with Crippen LogP contribution in [0.4, 0.5) is 9.18 Å². The average Bonchev–Trinajstić information content (AvgIpc) is 2.50. The molecule has 0 heterocycles. The summed E-state index contributed by atoms with van der Waals surface area (Å²) in [5, 5.41) is 5.21. The van der Waals surface area contributed by atoms with Crippen LogP contribution in [0.15, 0.2) is 18.2 Å². The molecule has 140 valence electrons. The summed E-state index contributed by atoms with van der Waals surface area (Å²) in [5.74, 6) is -0.951. The zero-order valence-corrected chi connectivity index (χ0v) is 15.9. The van der Waals surface area contributed by atoms with E-state index in [1.165, 1.54) is 6.07 Å². The highest BCUT2D eigenvalue weighted by Crippen LogP contribution is 2.17. The summed E-state index contributed by atoms with van der Waals surface area (Å²) in [6, 6.07) is 3.86. The van der Waals surface area contributed by atoms with E-state index in [0.29, 0.717) is 6.42 Å². The highest BCUT2D eigenvalue weighted by Gasteiger charge is 2.24. The third-order valence-electron chi connectivity index (χ3n) is 3.34. The molecule has 0 saturated carbocycles. The second-order valence-corrected chi connectivity index (χ2v) is 7.18. The van der Waals surface area contributed by atoms with Crippen LogP contribution in [0.1, 0.15) is 52.5 Å². The molecule has 1 aromatic rings. The Morgan fingerprint density at radius 2 is 2.00 bits per heavy atom. The second kappa shape index (κ2) is 9.61. The van der Waals surface area contributed by atoms with Gasteiger partial charge in [0.15, 0.2) is 0 Å². The van der Waals surface area contributed by atoms with Gasteiger partial charge in [0.1, 0.15) is 17.5 Å². The average molecular weight is 373 g/mol. The summed E-state index contributed by atoms with van der Waals surface area (Å²) in [7, 11) is 0. The Hall–Kier alpha value is -1.82. The number of halogens is 2. The van der Waals surface area contributed by atoms with Crippen LogP contribution in [0, 0.1) is 5.82 Å². The van der Waals surface area contributed by atoms with Crippen LogP contribution in [0.25, 0.3) is 0 Å². The van der Waals surface area contributed by atoms with Gasteiger partial charge in [0.2, 0.25) is 5.91 Å². The third kappa shape index (κ3) is 7.73. The number of ether oxygens (including phenoxy) is 1. The van der Waals surface area contributed by atoms with Crippen LogP contribution in [0.2, 0.25) is 5.02 Å². The maximum atomic E-state index is 13.9.